The third kappa shape index (κ3) is 4.19. The zero-order valence-electron chi connectivity index (χ0n) is 23.2. The summed E-state index contributed by atoms with van der Waals surface area (Å²) in [5, 5.41) is 19.6. The quantitative estimate of drug-likeness (QED) is 0.230. The molecule has 2 aliphatic rings. The van der Waals surface area contributed by atoms with Crippen LogP contribution in [0.5, 0.6) is 11.5 Å². The maximum absolute atomic E-state index is 10.5. The average molecular weight is 575 g/mol. The molecule has 3 heterocycles. The molecule has 7 rings (SSSR count). The Morgan fingerprint density at radius 1 is 0.905 bits per heavy atom. The number of para-hydroxylation sites is 3. The van der Waals surface area contributed by atoms with E-state index in [1.54, 1.807) is 13.2 Å². The van der Waals surface area contributed by atoms with E-state index in [1.807, 2.05) is 103 Å². The molecule has 1 atom stereocenters. The first-order chi connectivity index (χ1) is 20.4. The molecule has 0 aliphatic carbocycles. The van der Waals surface area contributed by atoms with Gasteiger partial charge in [0.15, 0.2) is 29.0 Å². The molecule has 0 bridgehead atoms. The van der Waals surface area contributed by atoms with E-state index in [1.165, 1.54) is 0 Å². The smallest absolute Gasteiger partial charge is 0.179 e. The number of nitrogens with zero attached hydrogens (tertiary/aromatic N) is 5. The fraction of sp³-hybridized carbons (Fsp3) is 0.121. The van der Waals surface area contributed by atoms with E-state index < -0.39 is 0 Å². The molecular weight excluding hydrogens is 548 g/mol. The lowest BCUT2D eigenvalue weighted by atomic mass is 9.93. The maximum atomic E-state index is 10.5. The lowest BCUT2D eigenvalue weighted by Crippen LogP contribution is -2.46. The number of aryl methyl sites for hydroxylation is 2. The monoisotopic (exact) mass is 574 g/mol. The van der Waals surface area contributed by atoms with Crippen LogP contribution in [0.3, 0.4) is 0 Å². The molecule has 0 saturated carbocycles. The highest BCUT2D eigenvalue weighted by Gasteiger charge is 2.41. The molecule has 0 unspecified atom stereocenters. The van der Waals surface area contributed by atoms with Crippen LogP contribution in [0.4, 0.5) is 22.9 Å². The van der Waals surface area contributed by atoms with Crippen molar-refractivity contribution in [2.75, 3.05) is 17.3 Å². The summed E-state index contributed by atoms with van der Waals surface area (Å²) in [6.07, 6.45) is 0. The number of fused-ring (bicyclic) bond motifs is 4. The van der Waals surface area contributed by atoms with Gasteiger partial charge in [-0.25, -0.2) is 14.7 Å². The van der Waals surface area contributed by atoms with Gasteiger partial charge in [0.25, 0.3) is 0 Å². The van der Waals surface area contributed by atoms with E-state index in [4.69, 9.17) is 31.4 Å². The second-order valence-electron chi connectivity index (χ2n) is 10.2. The number of halogens is 1. The fourth-order valence-electron chi connectivity index (χ4n) is 5.53. The summed E-state index contributed by atoms with van der Waals surface area (Å²) in [5.41, 5.74) is 7.08. The normalized spacial score (nSPS) is 15.2. The Bertz CT molecular complexity index is 1910. The van der Waals surface area contributed by atoms with Crippen LogP contribution in [0.15, 0.2) is 101 Å². The number of phenols is 1. The number of amidine groups is 2. The average Bonchev–Trinajstić information content (AvgIpc) is 3.34. The molecule has 0 spiro atoms. The highest BCUT2D eigenvalue weighted by Crippen LogP contribution is 2.49. The van der Waals surface area contributed by atoms with Gasteiger partial charge in [0.2, 0.25) is 0 Å². The minimum Gasteiger partial charge on any atom is -0.504 e. The Morgan fingerprint density at radius 2 is 1.69 bits per heavy atom. The lowest BCUT2D eigenvalue weighted by molar-refractivity contribution is 0.372. The van der Waals surface area contributed by atoms with Gasteiger partial charge in [0.1, 0.15) is 0 Å². The first-order valence-electron chi connectivity index (χ1n) is 13.5. The van der Waals surface area contributed by atoms with E-state index in [9.17, 15) is 5.11 Å². The molecule has 4 aromatic carbocycles. The molecule has 42 heavy (non-hydrogen) atoms. The number of hydrogen-bond acceptors (Lipinski definition) is 7. The number of anilines is 2. The van der Waals surface area contributed by atoms with E-state index >= 15 is 0 Å². The highest BCUT2D eigenvalue weighted by atomic mass is 35.5. The number of nitrogens with one attached hydrogen (secondary N) is 1. The second kappa shape index (κ2) is 10.1. The molecule has 208 valence electrons. The summed E-state index contributed by atoms with van der Waals surface area (Å²) >= 11 is 6.49. The molecule has 8 nitrogen and oxygen atoms in total. The van der Waals surface area contributed by atoms with Gasteiger partial charge in [0.05, 0.1) is 35.9 Å². The van der Waals surface area contributed by atoms with Crippen molar-refractivity contribution in [3.05, 3.63) is 118 Å². The van der Waals surface area contributed by atoms with Crippen LogP contribution in [-0.4, -0.2) is 33.7 Å². The standard InChI is InChI=1S/C33H27ClN6O2/c1-19-13-15-22(18-24(19)34)35-31-33-37-32-29(20(2)38-40(32)23-9-5-4-6-10-23)30(21-14-16-27(41)28(17-21)42-3)39(33)26-12-8-7-11-25(26)36-31/h4-18,30,41H,1-3H3,(H,35,36)/t30-/m0/s1. The number of aromatic nitrogens is 2. The Morgan fingerprint density at radius 3 is 2.48 bits per heavy atom. The maximum Gasteiger partial charge on any atom is 0.179 e. The Hall–Kier alpha value is -5.08. The topological polar surface area (TPSA) is 87.3 Å². The van der Waals surface area contributed by atoms with Crippen LogP contribution in [-0.2, 0) is 0 Å². The van der Waals surface area contributed by atoms with Crippen molar-refractivity contribution in [1.29, 1.82) is 0 Å². The van der Waals surface area contributed by atoms with Crippen molar-refractivity contribution in [2.45, 2.75) is 19.9 Å². The minimum atomic E-state index is -0.352. The zero-order valence-corrected chi connectivity index (χ0v) is 24.0. The molecule has 2 N–H and O–H groups in total. The number of methoxy groups -OCH3 is 1. The highest BCUT2D eigenvalue weighted by molar-refractivity contribution is 6.51. The van der Waals surface area contributed by atoms with Crippen LogP contribution in [0, 0.1) is 13.8 Å². The van der Waals surface area contributed by atoms with Crippen molar-refractivity contribution in [2.24, 2.45) is 9.98 Å². The summed E-state index contributed by atoms with van der Waals surface area (Å²) in [4.78, 5) is 12.5. The number of rotatable bonds is 4. The van der Waals surface area contributed by atoms with Crippen molar-refractivity contribution < 1.29 is 9.84 Å². The van der Waals surface area contributed by atoms with E-state index in [-0.39, 0.29) is 11.8 Å². The molecule has 0 saturated heterocycles. The van der Waals surface area contributed by atoms with Crippen LogP contribution in [0.2, 0.25) is 5.02 Å². The van der Waals surface area contributed by atoms with Crippen molar-refractivity contribution in [3.63, 3.8) is 0 Å². The largest absolute Gasteiger partial charge is 0.504 e. The first kappa shape index (κ1) is 25.9. The summed E-state index contributed by atoms with van der Waals surface area (Å²) < 4.78 is 7.40. The molecule has 9 heteroatoms. The van der Waals surface area contributed by atoms with Gasteiger partial charge in [-0.3, -0.25) is 0 Å². The summed E-state index contributed by atoms with van der Waals surface area (Å²) in [7, 11) is 1.55. The second-order valence-corrected chi connectivity index (χ2v) is 10.7. The van der Waals surface area contributed by atoms with Crippen LogP contribution in [0.1, 0.15) is 28.4 Å². The molecule has 0 radical (unpaired) electrons. The van der Waals surface area contributed by atoms with Gasteiger partial charge in [0, 0.05) is 16.3 Å². The van der Waals surface area contributed by atoms with Crippen LogP contribution in [0.25, 0.3) is 5.69 Å². The number of phenolic OH excluding ortho intramolecular Hbond substituents is 1. The number of aliphatic imine (C=N–C) groups is 2. The van der Waals surface area contributed by atoms with Gasteiger partial charge < -0.3 is 20.1 Å². The summed E-state index contributed by atoms with van der Waals surface area (Å²) in [6, 6.07) is 28.9. The summed E-state index contributed by atoms with van der Waals surface area (Å²) in [6.45, 7) is 3.97. The number of ether oxygens (including phenoxy) is 1. The van der Waals surface area contributed by atoms with Gasteiger partial charge in [-0.05, 0) is 73.5 Å². The van der Waals surface area contributed by atoms with Crippen LogP contribution >= 0.6 is 11.6 Å². The zero-order chi connectivity index (χ0) is 29.0. The fourth-order valence-corrected chi connectivity index (χ4v) is 5.71. The molecule has 0 fully saturated rings. The van der Waals surface area contributed by atoms with Crippen molar-refractivity contribution >= 4 is 46.2 Å². The first-order valence-corrected chi connectivity index (χ1v) is 13.9. The van der Waals surface area contributed by atoms with Gasteiger partial charge in [-0.15, -0.1) is 0 Å². The molecule has 0 amide bonds. The van der Waals surface area contributed by atoms with Gasteiger partial charge in [-0.2, -0.15) is 5.10 Å². The number of benzene rings is 4. The Labute approximate surface area is 248 Å². The molecular formula is C33H27ClN6O2. The SMILES string of the molecule is COc1cc([C@H]2c3c(C)nn(-c4ccccc4)c3N=C3C(Nc4ccc(C)c(Cl)c4)=Nc4ccccc4N32)ccc1O. The van der Waals surface area contributed by atoms with E-state index in [2.05, 4.69) is 10.2 Å². The van der Waals surface area contributed by atoms with Gasteiger partial charge in [-0.1, -0.05) is 54.1 Å². The van der Waals surface area contributed by atoms with Gasteiger partial charge >= 0.3 is 0 Å². The minimum absolute atomic E-state index is 0.0714. The predicted molar refractivity (Wildman–Crippen MR) is 168 cm³/mol. The number of aromatic hydroxyl groups is 1. The van der Waals surface area contributed by atoms with E-state index in [0.717, 1.165) is 45.1 Å². The summed E-state index contributed by atoms with van der Waals surface area (Å²) in [5.74, 6) is 2.37. The Balaban J connectivity index is 1.50. The van der Waals surface area contributed by atoms with E-state index in [0.29, 0.717) is 28.3 Å². The Kier molecular flexibility index (Phi) is 6.21. The lowest BCUT2D eigenvalue weighted by Gasteiger charge is -2.40. The van der Waals surface area contributed by atoms with Crippen molar-refractivity contribution in [1.82, 2.24) is 9.78 Å². The predicted octanol–water partition coefficient (Wildman–Crippen LogP) is 7.65. The molecule has 1 aromatic heterocycles. The molecule has 5 aromatic rings. The molecule has 2 aliphatic heterocycles. The number of hydrogen-bond donors (Lipinski definition) is 2. The van der Waals surface area contributed by atoms with Crippen molar-refractivity contribution in [3.8, 4) is 17.2 Å². The third-order valence-electron chi connectivity index (χ3n) is 7.59. The third-order valence-corrected chi connectivity index (χ3v) is 8.00. The van der Waals surface area contributed by atoms with Crippen LogP contribution < -0.4 is 15.0 Å².